The van der Waals surface area contributed by atoms with E-state index in [4.69, 9.17) is 0 Å². The lowest BCUT2D eigenvalue weighted by Gasteiger charge is -2.21. The molecule has 21 heavy (non-hydrogen) atoms. The molecule has 0 amide bonds. The highest BCUT2D eigenvalue weighted by Gasteiger charge is 2.16. The Balaban J connectivity index is 2.20. The number of benzene rings is 1. The van der Waals surface area contributed by atoms with Gasteiger partial charge in [0.1, 0.15) is 0 Å². The van der Waals surface area contributed by atoms with Crippen molar-refractivity contribution < 1.29 is 0 Å². The van der Waals surface area contributed by atoms with E-state index >= 15 is 0 Å². The number of hydrogen-bond donors (Lipinski definition) is 1. The standard InChI is InChI=1S/C19H26N2/c1-14-7-6-12-21-17(14)13-18(20-5)15-8-10-16(11-9-15)19(2,3)4/h6-12,18,20H,13H2,1-5H3. The molecule has 2 heteroatoms. The zero-order chi connectivity index (χ0) is 15.5. The second kappa shape index (κ2) is 6.40. The van der Waals surface area contributed by atoms with E-state index < -0.39 is 0 Å². The summed E-state index contributed by atoms with van der Waals surface area (Å²) in [5, 5.41) is 3.41. The van der Waals surface area contributed by atoms with Crippen molar-refractivity contribution in [2.45, 2.75) is 45.6 Å². The third-order valence-electron chi connectivity index (χ3n) is 4.04. The van der Waals surface area contributed by atoms with Crippen LogP contribution in [0.4, 0.5) is 0 Å². The first-order valence-electron chi connectivity index (χ1n) is 7.60. The van der Waals surface area contributed by atoms with Crippen LogP contribution in [0.5, 0.6) is 0 Å². The normalized spacial score (nSPS) is 13.2. The number of hydrogen-bond acceptors (Lipinski definition) is 2. The maximum atomic E-state index is 4.51. The van der Waals surface area contributed by atoms with Crippen molar-refractivity contribution >= 4 is 0 Å². The van der Waals surface area contributed by atoms with Gasteiger partial charge in [0, 0.05) is 24.4 Å². The van der Waals surface area contributed by atoms with Crippen LogP contribution in [0.25, 0.3) is 0 Å². The van der Waals surface area contributed by atoms with E-state index in [9.17, 15) is 0 Å². The smallest absolute Gasteiger partial charge is 0.0451 e. The molecule has 2 rings (SSSR count). The minimum atomic E-state index is 0.200. The fourth-order valence-corrected chi connectivity index (χ4v) is 2.53. The molecule has 0 aliphatic heterocycles. The lowest BCUT2D eigenvalue weighted by molar-refractivity contribution is 0.574. The lowest BCUT2D eigenvalue weighted by Crippen LogP contribution is -2.20. The molecule has 0 bridgehead atoms. The molecule has 1 aromatic carbocycles. The van der Waals surface area contributed by atoms with Crippen molar-refractivity contribution in [3.05, 3.63) is 65.0 Å². The number of aryl methyl sites for hydroxylation is 1. The second-order valence-corrected chi connectivity index (χ2v) is 6.68. The molecule has 0 aliphatic rings. The van der Waals surface area contributed by atoms with Gasteiger partial charge in [0.25, 0.3) is 0 Å². The van der Waals surface area contributed by atoms with Crippen molar-refractivity contribution in [3.8, 4) is 0 Å². The molecule has 1 aromatic heterocycles. The van der Waals surface area contributed by atoms with Gasteiger partial charge in [-0.15, -0.1) is 0 Å². The van der Waals surface area contributed by atoms with Crippen molar-refractivity contribution in [3.63, 3.8) is 0 Å². The van der Waals surface area contributed by atoms with Crippen molar-refractivity contribution in [1.29, 1.82) is 0 Å². The maximum absolute atomic E-state index is 4.51. The van der Waals surface area contributed by atoms with E-state index in [2.05, 4.69) is 68.3 Å². The van der Waals surface area contributed by atoms with Gasteiger partial charge in [-0.05, 0) is 42.1 Å². The average Bonchev–Trinajstić information content (AvgIpc) is 2.46. The monoisotopic (exact) mass is 282 g/mol. The highest BCUT2D eigenvalue weighted by molar-refractivity contribution is 5.30. The third kappa shape index (κ3) is 3.92. The quantitative estimate of drug-likeness (QED) is 0.909. The van der Waals surface area contributed by atoms with Crippen molar-refractivity contribution in [2.75, 3.05) is 7.05 Å². The third-order valence-corrected chi connectivity index (χ3v) is 4.04. The van der Waals surface area contributed by atoms with Crippen LogP contribution >= 0.6 is 0 Å². The fourth-order valence-electron chi connectivity index (χ4n) is 2.53. The van der Waals surface area contributed by atoms with Gasteiger partial charge in [0.15, 0.2) is 0 Å². The summed E-state index contributed by atoms with van der Waals surface area (Å²) in [7, 11) is 2.01. The summed E-state index contributed by atoms with van der Waals surface area (Å²) in [4.78, 5) is 4.51. The van der Waals surface area contributed by atoms with Gasteiger partial charge in [0.05, 0.1) is 0 Å². The molecule has 0 radical (unpaired) electrons. The Morgan fingerprint density at radius 3 is 2.29 bits per heavy atom. The molecule has 0 spiro atoms. The zero-order valence-electron chi connectivity index (χ0n) is 13.8. The molecule has 1 N–H and O–H groups in total. The van der Waals surface area contributed by atoms with Crippen LogP contribution in [0.15, 0.2) is 42.6 Å². The summed E-state index contributed by atoms with van der Waals surface area (Å²) in [5.41, 5.74) is 5.30. The Bertz CT molecular complexity index is 579. The molecule has 0 aliphatic carbocycles. The van der Waals surface area contributed by atoms with Crippen LogP contribution < -0.4 is 5.32 Å². The molecule has 2 aromatic rings. The van der Waals surface area contributed by atoms with Gasteiger partial charge in [0.2, 0.25) is 0 Å². The molecule has 2 nitrogen and oxygen atoms in total. The Hall–Kier alpha value is -1.67. The Morgan fingerprint density at radius 1 is 1.10 bits per heavy atom. The lowest BCUT2D eigenvalue weighted by atomic mass is 9.86. The molecular formula is C19H26N2. The summed E-state index contributed by atoms with van der Waals surface area (Å²) in [6, 6.07) is 13.4. The van der Waals surface area contributed by atoms with Crippen LogP contribution in [0.3, 0.4) is 0 Å². The largest absolute Gasteiger partial charge is 0.313 e. The van der Waals surface area contributed by atoms with Gasteiger partial charge < -0.3 is 5.32 Å². The van der Waals surface area contributed by atoms with E-state index in [0.717, 1.165) is 12.1 Å². The minimum absolute atomic E-state index is 0.200. The van der Waals surface area contributed by atoms with Crippen LogP contribution in [-0.4, -0.2) is 12.0 Å². The Morgan fingerprint density at radius 2 is 1.76 bits per heavy atom. The highest BCUT2D eigenvalue weighted by atomic mass is 14.9. The van der Waals surface area contributed by atoms with Gasteiger partial charge in [-0.3, -0.25) is 4.98 Å². The molecule has 1 heterocycles. The molecular weight excluding hydrogens is 256 g/mol. The maximum Gasteiger partial charge on any atom is 0.0451 e. The van der Waals surface area contributed by atoms with Crippen molar-refractivity contribution in [1.82, 2.24) is 10.3 Å². The van der Waals surface area contributed by atoms with E-state index in [1.165, 1.54) is 16.7 Å². The topological polar surface area (TPSA) is 24.9 Å². The predicted molar refractivity (Wildman–Crippen MR) is 89.6 cm³/mol. The predicted octanol–water partition coefficient (Wildman–Crippen LogP) is 4.19. The number of rotatable bonds is 4. The number of nitrogens with zero attached hydrogens (tertiary/aromatic N) is 1. The van der Waals surface area contributed by atoms with E-state index in [1.807, 2.05) is 19.3 Å². The SMILES string of the molecule is CNC(Cc1ncccc1C)c1ccc(C(C)(C)C)cc1. The second-order valence-electron chi connectivity index (χ2n) is 6.68. The first-order chi connectivity index (χ1) is 9.91. The fraction of sp³-hybridized carbons (Fsp3) is 0.421. The molecule has 0 fully saturated rings. The summed E-state index contributed by atoms with van der Waals surface area (Å²) in [6.07, 6.45) is 2.79. The molecule has 0 saturated carbocycles. The zero-order valence-corrected chi connectivity index (χ0v) is 13.8. The molecule has 1 atom stereocenters. The molecule has 1 unspecified atom stereocenters. The van der Waals surface area contributed by atoms with E-state index in [0.29, 0.717) is 6.04 Å². The first-order valence-corrected chi connectivity index (χ1v) is 7.60. The summed E-state index contributed by atoms with van der Waals surface area (Å²) in [6.45, 7) is 8.86. The Labute approximate surface area is 128 Å². The first kappa shape index (κ1) is 15.7. The average molecular weight is 282 g/mol. The number of aromatic nitrogens is 1. The van der Waals surface area contributed by atoms with Gasteiger partial charge in [-0.2, -0.15) is 0 Å². The molecule has 0 saturated heterocycles. The van der Waals surface area contributed by atoms with Crippen molar-refractivity contribution in [2.24, 2.45) is 0 Å². The summed E-state index contributed by atoms with van der Waals surface area (Å²) >= 11 is 0. The number of pyridine rings is 1. The summed E-state index contributed by atoms with van der Waals surface area (Å²) < 4.78 is 0. The van der Waals surface area contributed by atoms with E-state index in [-0.39, 0.29) is 5.41 Å². The van der Waals surface area contributed by atoms with Crippen LogP contribution in [0.1, 0.15) is 49.2 Å². The van der Waals surface area contributed by atoms with Crippen LogP contribution in [0, 0.1) is 6.92 Å². The highest BCUT2D eigenvalue weighted by Crippen LogP contribution is 2.25. The number of nitrogens with one attached hydrogen (secondary N) is 1. The van der Waals surface area contributed by atoms with Crippen LogP contribution in [-0.2, 0) is 11.8 Å². The molecule has 112 valence electrons. The van der Waals surface area contributed by atoms with Gasteiger partial charge in [-0.25, -0.2) is 0 Å². The van der Waals surface area contributed by atoms with E-state index in [1.54, 1.807) is 0 Å². The van der Waals surface area contributed by atoms with Gasteiger partial charge in [-0.1, -0.05) is 51.1 Å². The van der Waals surface area contributed by atoms with Crippen LogP contribution in [0.2, 0.25) is 0 Å². The minimum Gasteiger partial charge on any atom is -0.313 e. The number of likely N-dealkylation sites (N-methyl/N-ethyl adjacent to an activating group) is 1. The summed E-state index contributed by atoms with van der Waals surface area (Å²) in [5.74, 6) is 0. The Kier molecular flexibility index (Phi) is 4.79. The van der Waals surface area contributed by atoms with Gasteiger partial charge >= 0.3 is 0 Å².